The fraction of sp³-hybridized carbons (Fsp3) is 0.483. The number of imide groups is 1. The van der Waals surface area contributed by atoms with E-state index >= 15 is 0 Å². The molecule has 3 aromatic rings. The van der Waals surface area contributed by atoms with Crippen LogP contribution in [-0.4, -0.2) is 49.5 Å². The van der Waals surface area contributed by atoms with Crippen LogP contribution in [0, 0.1) is 11.7 Å². The van der Waals surface area contributed by atoms with Crippen LogP contribution in [0.15, 0.2) is 35.6 Å². The number of hydrogen-bond donors (Lipinski definition) is 0. The zero-order chi connectivity index (χ0) is 29.8. The number of benzene rings is 1. The molecule has 0 spiro atoms. The Kier molecular flexibility index (Phi) is 9.94. The average Bonchev–Trinajstić information content (AvgIpc) is 3.27. The molecule has 0 aliphatic heterocycles. The van der Waals surface area contributed by atoms with Gasteiger partial charge in [-0.15, -0.1) is 11.3 Å². The Labute approximate surface area is 243 Å². The molecule has 8 nitrogen and oxygen atoms in total. The standard InChI is InChI=1S/C29H37FN4O4S2/c1-17(2)12-24-31-15-23(40-24)22-14-21(32-25(33-22)39-9)20-11-10-19(30)13-18(20)16-34(26(35)37-28(3,4)5)27(36)38-29(6,7)8/h10-11,13-15,17H,12,16H2,1-9H3. The average molecular weight is 589 g/mol. The lowest BCUT2D eigenvalue weighted by atomic mass is 10.0. The SMILES string of the molecule is CSc1nc(-c2cnc(CC(C)C)s2)cc(-c2ccc(F)cc2CN(C(=O)OC(C)(C)C)C(=O)OC(C)(C)C)n1. The first-order valence-electron chi connectivity index (χ1n) is 12.9. The van der Waals surface area contributed by atoms with Crippen molar-refractivity contribution in [2.24, 2.45) is 5.92 Å². The highest BCUT2D eigenvalue weighted by Crippen LogP contribution is 2.33. The van der Waals surface area contributed by atoms with E-state index in [1.54, 1.807) is 65.1 Å². The van der Waals surface area contributed by atoms with E-state index in [0.717, 1.165) is 21.2 Å². The number of carbonyl (C=O) groups is 2. The summed E-state index contributed by atoms with van der Waals surface area (Å²) < 4.78 is 25.5. The summed E-state index contributed by atoms with van der Waals surface area (Å²) in [4.78, 5) is 41.9. The van der Waals surface area contributed by atoms with E-state index in [2.05, 4.69) is 28.8 Å². The van der Waals surface area contributed by atoms with Gasteiger partial charge >= 0.3 is 12.2 Å². The third-order valence-corrected chi connectivity index (χ3v) is 6.77. The van der Waals surface area contributed by atoms with Crippen LogP contribution < -0.4 is 0 Å². The molecule has 2 aromatic heterocycles. The second-order valence-corrected chi connectivity index (χ2v) is 13.6. The van der Waals surface area contributed by atoms with Crippen molar-refractivity contribution in [2.45, 2.75) is 84.7 Å². The van der Waals surface area contributed by atoms with Crippen molar-refractivity contribution in [3.63, 3.8) is 0 Å². The zero-order valence-electron chi connectivity index (χ0n) is 24.5. The van der Waals surface area contributed by atoms with Crippen molar-refractivity contribution in [1.29, 1.82) is 0 Å². The summed E-state index contributed by atoms with van der Waals surface area (Å²) in [5.41, 5.74) is 0.396. The molecular formula is C29H37FN4O4S2. The van der Waals surface area contributed by atoms with Gasteiger partial charge in [0.25, 0.3) is 0 Å². The Balaban J connectivity index is 2.08. The van der Waals surface area contributed by atoms with Crippen molar-refractivity contribution in [2.75, 3.05) is 6.26 Å². The van der Waals surface area contributed by atoms with Crippen LogP contribution in [0.4, 0.5) is 14.0 Å². The predicted octanol–water partition coefficient (Wildman–Crippen LogP) is 8.00. The molecule has 0 aliphatic rings. The molecule has 0 bridgehead atoms. The number of rotatable bonds is 7. The van der Waals surface area contributed by atoms with E-state index in [0.29, 0.717) is 33.6 Å². The molecule has 2 amide bonds. The number of hydrogen-bond acceptors (Lipinski definition) is 9. The van der Waals surface area contributed by atoms with Gasteiger partial charge in [-0.2, -0.15) is 0 Å². The maximum absolute atomic E-state index is 14.6. The number of nitrogens with zero attached hydrogens (tertiary/aromatic N) is 4. The first-order chi connectivity index (χ1) is 18.5. The maximum atomic E-state index is 14.6. The molecule has 0 saturated heterocycles. The topological polar surface area (TPSA) is 94.5 Å². The second kappa shape index (κ2) is 12.6. The summed E-state index contributed by atoms with van der Waals surface area (Å²) in [6.45, 7) is 14.2. The Morgan fingerprint density at radius 2 is 1.60 bits per heavy atom. The van der Waals surface area contributed by atoms with E-state index in [-0.39, 0.29) is 6.54 Å². The predicted molar refractivity (Wildman–Crippen MR) is 157 cm³/mol. The van der Waals surface area contributed by atoms with Crippen molar-refractivity contribution in [1.82, 2.24) is 19.9 Å². The van der Waals surface area contributed by atoms with Crippen LogP contribution in [0.25, 0.3) is 21.8 Å². The van der Waals surface area contributed by atoms with Gasteiger partial charge in [0.15, 0.2) is 5.16 Å². The lowest BCUT2D eigenvalue weighted by Crippen LogP contribution is -2.43. The van der Waals surface area contributed by atoms with E-state index < -0.39 is 29.2 Å². The highest BCUT2D eigenvalue weighted by atomic mass is 32.2. The minimum Gasteiger partial charge on any atom is -0.443 e. The quantitative estimate of drug-likeness (QED) is 0.202. The summed E-state index contributed by atoms with van der Waals surface area (Å²) >= 11 is 2.95. The second-order valence-electron chi connectivity index (χ2n) is 11.7. The molecule has 1 aromatic carbocycles. The molecule has 40 heavy (non-hydrogen) atoms. The molecule has 11 heteroatoms. The van der Waals surface area contributed by atoms with Gasteiger partial charge in [0, 0.05) is 18.2 Å². The summed E-state index contributed by atoms with van der Waals surface area (Å²) in [7, 11) is 0. The molecule has 0 N–H and O–H groups in total. The lowest BCUT2D eigenvalue weighted by Gasteiger charge is -2.29. The van der Waals surface area contributed by atoms with Gasteiger partial charge in [-0.3, -0.25) is 0 Å². The highest BCUT2D eigenvalue weighted by Gasteiger charge is 2.32. The van der Waals surface area contributed by atoms with Crippen molar-refractivity contribution >= 4 is 35.3 Å². The van der Waals surface area contributed by atoms with Gasteiger partial charge in [0.05, 0.1) is 27.8 Å². The fourth-order valence-corrected chi connectivity index (χ4v) is 5.07. The Bertz CT molecular complexity index is 1330. The molecule has 0 saturated carbocycles. The third kappa shape index (κ3) is 8.99. The first kappa shape index (κ1) is 31.5. The number of halogens is 1. The number of amides is 2. The van der Waals surface area contributed by atoms with Crippen LogP contribution >= 0.6 is 23.1 Å². The van der Waals surface area contributed by atoms with Crippen LogP contribution in [0.5, 0.6) is 0 Å². The van der Waals surface area contributed by atoms with Gasteiger partial charge in [-0.05, 0) is 83.5 Å². The Hall–Kier alpha value is -3.05. The normalized spacial score (nSPS) is 12.0. The van der Waals surface area contributed by atoms with Gasteiger partial charge < -0.3 is 9.47 Å². The van der Waals surface area contributed by atoms with Gasteiger partial charge in [0.2, 0.25) is 0 Å². The minimum absolute atomic E-state index is 0.288. The van der Waals surface area contributed by atoms with E-state index in [9.17, 15) is 14.0 Å². The molecule has 3 rings (SSSR count). The number of thioether (sulfide) groups is 1. The van der Waals surface area contributed by atoms with E-state index in [1.165, 1.54) is 23.9 Å². The third-order valence-electron chi connectivity index (χ3n) is 5.18. The Morgan fingerprint density at radius 3 is 2.15 bits per heavy atom. The summed E-state index contributed by atoms with van der Waals surface area (Å²) in [6, 6.07) is 6.00. The van der Waals surface area contributed by atoms with Crippen LogP contribution in [-0.2, 0) is 22.4 Å². The van der Waals surface area contributed by atoms with Crippen LogP contribution in [0.3, 0.4) is 0 Å². The van der Waals surface area contributed by atoms with Crippen LogP contribution in [0.2, 0.25) is 0 Å². The number of ether oxygens (including phenoxy) is 2. The monoisotopic (exact) mass is 588 g/mol. The Morgan fingerprint density at radius 1 is 1.00 bits per heavy atom. The van der Waals surface area contributed by atoms with Crippen molar-refractivity contribution in [3.8, 4) is 21.8 Å². The lowest BCUT2D eigenvalue weighted by molar-refractivity contribution is -0.000242. The molecule has 2 heterocycles. The van der Waals surface area contributed by atoms with Gasteiger partial charge in [-0.25, -0.2) is 33.8 Å². The molecule has 216 valence electrons. The summed E-state index contributed by atoms with van der Waals surface area (Å²) in [6.07, 6.45) is 2.75. The fourth-order valence-electron chi connectivity index (χ4n) is 3.60. The largest absolute Gasteiger partial charge is 0.443 e. The zero-order valence-corrected chi connectivity index (χ0v) is 26.1. The number of thiazole rings is 1. The highest BCUT2D eigenvalue weighted by molar-refractivity contribution is 7.98. The van der Waals surface area contributed by atoms with Crippen LogP contribution in [0.1, 0.15) is 66.0 Å². The molecular weight excluding hydrogens is 551 g/mol. The van der Waals surface area contributed by atoms with Gasteiger partial charge in [0.1, 0.15) is 17.0 Å². The molecule has 0 unspecified atom stereocenters. The molecule has 0 atom stereocenters. The van der Waals surface area contributed by atoms with Crippen molar-refractivity contribution in [3.05, 3.63) is 46.9 Å². The number of aromatic nitrogens is 3. The molecule has 0 aliphatic carbocycles. The summed E-state index contributed by atoms with van der Waals surface area (Å²) in [5.74, 6) is -0.0476. The summed E-state index contributed by atoms with van der Waals surface area (Å²) in [5, 5.41) is 1.54. The molecule has 0 radical (unpaired) electrons. The van der Waals surface area contributed by atoms with E-state index in [4.69, 9.17) is 9.47 Å². The van der Waals surface area contributed by atoms with E-state index in [1.807, 2.05) is 12.3 Å². The number of carbonyl (C=O) groups excluding carboxylic acids is 2. The maximum Gasteiger partial charge on any atom is 0.420 e. The smallest absolute Gasteiger partial charge is 0.420 e. The molecule has 0 fully saturated rings. The first-order valence-corrected chi connectivity index (χ1v) is 15.0. The van der Waals surface area contributed by atoms with Gasteiger partial charge in [-0.1, -0.05) is 25.6 Å². The van der Waals surface area contributed by atoms with Crippen molar-refractivity contribution < 1.29 is 23.5 Å². The minimum atomic E-state index is -0.896.